The van der Waals surface area contributed by atoms with Crippen LogP contribution in [0.15, 0.2) is 52.7 Å². The molecule has 2 N–H and O–H groups in total. The number of rotatable bonds is 14. The van der Waals surface area contributed by atoms with Crippen molar-refractivity contribution in [3.63, 3.8) is 0 Å². The largest absolute Gasteiger partial charge is 0.413 e. The number of hydrogen-bond acceptors (Lipinski definition) is 8. The average Bonchev–Trinajstić information content (AvgIpc) is 3.62. The van der Waals surface area contributed by atoms with Gasteiger partial charge in [0.25, 0.3) is 0 Å². The van der Waals surface area contributed by atoms with Crippen LogP contribution in [0.5, 0.6) is 0 Å². The van der Waals surface area contributed by atoms with Gasteiger partial charge in [0, 0.05) is 29.2 Å². The number of aliphatic hydroxyl groups is 1. The van der Waals surface area contributed by atoms with Gasteiger partial charge in [0.2, 0.25) is 14.1 Å². The lowest BCUT2D eigenvalue weighted by Gasteiger charge is -2.45. The van der Waals surface area contributed by atoms with Gasteiger partial charge in [0.15, 0.2) is 8.32 Å². The number of nitrogens with zero attached hydrogens (tertiary/aromatic N) is 2. The average molecular weight is 747 g/mol. The number of anilines is 1. The van der Waals surface area contributed by atoms with Crippen molar-refractivity contribution in [2.75, 3.05) is 11.9 Å². The lowest BCUT2D eigenvalue weighted by molar-refractivity contribution is 0.0941. The highest BCUT2D eigenvalue weighted by molar-refractivity contribution is 9.10. The Bertz CT molecular complexity index is 1470. The summed E-state index contributed by atoms with van der Waals surface area (Å²) in [6, 6.07) is 10.2. The minimum absolute atomic E-state index is 0.0191. The zero-order chi connectivity index (χ0) is 34.0. The van der Waals surface area contributed by atoms with Crippen LogP contribution in [0.25, 0.3) is 0 Å². The van der Waals surface area contributed by atoms with Crippen molar-refractivity contribution in [2.45, 2.75) is 115 Å². The van der Waals surface area contributed by atoms with Gasteiger partial charge < -0.3 is 19.3 Å². The van der Waals surface area contributed by atoms with E-state index in [1.807, 2.05) is 23.6 Å². The Hall–Kier alpha value is -1.74. The third-order valence-electron chi connectivity index (χ3n) is 9.48. The molecular weight excluding hydrogens is 695 g/mol. The third kappa shape index (κ3) is 7.93. The number of carbonyl (C=O) groups excluding carboxylic acids is 1. The summed E-state index contributed by atoms with van der Waals surface area (Å²) in [6.07, 6.45) is 4.55. The summed E-state index contributed by atoms with van der Waals surface area (Å²) in [5, 5.41) is 16.0. The van der Waals surface area contributed by atoms with E-state index in [1.54, 1.807) is 6.20 Å². The van der Waals surface area contributed by atoms with E-state index in [-0.39, 0.29) is 30.5 Å². The maximum Gasteiger partial charge on any atom is 0.208 e. The Labute approximate surface area is 290 Å². The van der Waals surface area contributed by atoms with Crippen molar-refractivity contribution in [2.24, 2.45) is 5.92 Å². The molecule has 7 nitrogen and oxygen atoms in total. The Kier molecular flexibility index (Phi) is 11.9. The third-order valence-corrected chi connectivity index (χ3v) is 18.1. The number of carbonyl (C=O) groups is 1. The van der Waals surface area contributed by atoms with E-state index in [4.69, 9.17) is 8.85 Å². The summed E-state index contributed by atoms with van der Waals surface area (Å²) >= 11 is 5.03. The Morgan fingerprint density at radius 3 is 2.35 bits per heavy atom. The van der Waals surface area contributed by atoms with Crippen molar-refractivity contribution in [3.8, 4) is 0 Å². The minimum atomic E-state index is -2.13. The summed E-state index contributed by atoms with van der Waals surface area (Å²) in [7, 11) is -4.12. The van der Waals surface area contributed by atoms with Crippen LogP contribution >= 0.6 is 27.3 Å². The van der Waals surface area contributed by atoms with Crippen LogP contribution in [0, 0.1) is 5.92 Å². The fraction of sp³-hybridized carbons (Fsp3) is 0.571. The second kappa shape index (κ2) is 14.8. The second-order valence-corrected chi connectivity index (χ2v) is 26.5. The SMILES string of the molecule is CC(C)[Si](O[C@H]1C[C@H](Nc2ncncc2C(=O)c2cc([C@](C)(O[Si](C)(C)C)c3cccc(Br)c3)cs2)C[C@@H]1CO)(C(C)C)C(C)C. The highest BCUT2D eigenvalue weighted by Crippen LogP contribution is 2.46. The van der Waals surface area contributed by atoms with E-state index in [0.29, 0.717) is 32.9 Å². The summed E-state index contributed by atoms with van der Waals surface area (Å²) in [4.78, 5) is 23.4. The molecule has 11 heteroatoms. The maximum absolute atomic E-state index is 14.0. The number of ketones is 1. The summed E-state index contributed by atoms with van der Waals surface area (Å²) in [6.45, 7) is 22.4. The highest BCUT2D eigenvalue weighted by Gasteiger charge is 2.49. The molecule has 0 unspecified atom stereocenters. The molecule has 1 aliphatic carbocycles. The predicted octanol–water partition coefficient (Wildman–Crippen LogP) is 9.39. The molecule has 0 aliphatic heterocycles. The first kappa shape index (κ1) is 37.1. The van der Waals surface area contributed by atoms with Crippen LogP contribution < -0.4 is 5.32 Å². The smallest absolute Gasteiger partial charge is 0.208 e. The molecule has 0 spiro atoms. The topological polar surface area (TPSA) is 93.6 Å². The standard InChI is InChI=1S/C35H52BrN3O4SSi2/c1-22(2)46(23(3)4,24(5)6)42-31-17-29(14-25(31)19-40)39-34-30(18-37-21-38-34)33(41)32-16-27(20-44-32)35(7,43-45(8,9)10)26-12-11-13-28(36)15-26/h11-13,15-16,18,20-25,29,31,40H,14,17,19H2,1-10H3,(H,37,38,39)/t25-,29-,31+,35-/m1/s1. The van der Waals surface area contributed by atoms with Crippen LogP contribution in [-0.2, 0) is 14.5 Å². The number of benzene rings is 1. The van der Waals surface area contributed by atoms with E-state index in [0.717, 1.165) is 28.4 Å². The molecule has 1 aliphatic rings. The van der Waals surface area contributed by atoms with Crippen LogP contribution in [0.1, 0.15) is 87.7 Å². The van der Waals surface area contributed by atoms with Crippen LogP contribution in [0.4, 0.5) is 5.82 Å². The monoisotopic (exact) mass is 745 g/mol. The molecular formula is C35H52BrN3O4SSi2. The first-order valence-corrected chi connectivity index (χ1v) is 23.7. The molecule has 0 bridgehead atoms. The molecule has 0 radical (unpaired) electrons. The van der Waals surface area contributed by atoms with E-state index in [2.05, 4.69) is 111 Å². The van der Waals surface area contributed by atoms with E-state index in [1.165, 1.54) is 17.7 Å². The van der Waals surface area contributed by atoms with Crippen LogP contribution in [0.2, 0.25) is 36.3 Å². The molecule has 3 aromatic rings. The molecule has 1 aromatic carbocycles. The minimum Gasteiger partial charge on any atom is -0.413 e. The lowest BCUT2D eigenvalue weighted by Crippen LogP contribution is -2.51. The number of nitrogens with one attached hydrogen (secondary N) is 1. The quantitative estimate of drug-likeness (QED) is 0.125. The lowest BCUT2D eigenvalue weighted by atomic mass is 9.90. The molecule has 4 rings (SSSR count). The normalized spacial score (nSPS) is 20.5. The first-order valence-electron chi connectivity index (χ1n) is 16.5. The van der Waals surface area contributed by atoms with Crippen molar-refractivity contribution in [1.29, 1.82) is 0 Å². The Morgan fingerprint density at radius 2 is 1.76 bits per heavy atom. The van der Waals surface area contributed by atoms with Gasteiger partial charge in [-0.3, -0.25) is 4.79 Å². The van der Waals surface area contributed by atoms with Crippen molar-refractivity contribution in [1.82, 2.24) is 9.97 Å². The molecule has 0 amide bonds. The van der Waals surface area contributed by atoms with Gasteiger partial charge in [-0.1, -0.05) is 69.6 Å². The van der Waals surface area contributed by atoms with Gasteiger partial charge in [0.05, 0.1) is 16.5 Å². The number of aliphatic hydroxyl groups excluding tert-OH is 1. The number of aromatic nitrogens is 2. The second-order valence-electron chi connectivity index (χ2n) is 14.8. The van der Waals surface area contributed by atoms with Crippen LogP contribution in [0.3, 0.4) is 0 Å². The summed E-state index contributed by atoms with van der Waals surface area (Å²) < 4.78 is 14.9. The number of hydrogen-bond donors (Lipinski definition) is 2. The van der Waals surface area contributed by atoms with Gasteiger partial charge in [-0.15, -0.1) is 11.3 Å². The van der Waals surface area contributed by atoms with E-state index in [9.17, 15) is 9.90 Å². The predicted molar refractivity (Wildman–Crippen MR) is 198 cm³/mol. The Balaban J connectivity index is 1.59. The first-order chi connectivity index (χ1) is 21.5. The molecule has 1 saturated carbocycles. The molecule has 2 heterocycles. The van der Waals surface area contributed by atoms with Crippen molar-refractivity contribution >= 4 is 55.5 Å². The van der Waals surface area contributed by atoms with Gasteiger partial charge in [-0.05, 0) is 90.7 Å². The fourth-order valence-corrected chi connectivity index (χ4v) is 16.0. The molecule has 46 heavy (non-hydrogen) atoms. The van der Waals surface area contributed by atoms with Gasteiger partial charge >= 0.3 is 0 Å². The molecule has 2 aromatic heterocycles. The van der Waals surface area contributed by atoms with E-state index < -0.39 is 22.2 Å². The highest BCUT2D eigenvalue weighted by atomic mass is 79.9. The van der Waals surface area contributed by atoms with E-state index >= 15 is 0 Å². The van der Waals surface area contributed by atoms with Crippen LogP contribution in [-0.4, -0.2) is 56.2 Å². The number of halogens is 1. The van der Waals surface area contributed by atoms with Gasteiger partial charge in [0.1, 0.15) is 17.7 Å². The van der Waals surface area contributed by atoms with Gasteiger partial charge in [-0.25, -0.2) is 9.97 Å². The zero-order valence-electron chi connectivity index (χ0n) is 29.1. The maximum atomic E-state index is 14.0. The van der Waals surface area contributed by atoms with Crippen molar-refractivity contribution < 1.29 is 18.8 Å². The molecule has 252 valence electrons. The summed E-state index contributed by atoms with van der Waals surface area (Å²) in [5.41, 5.74) is 3.08. The van der Waals surface area contributed by atoms with Crippen molar-refractivity contribution in [3.05, 3.63) is 74.3 Å². The fourth-order valence-electron chi connectivity index (χ4n) is 7.54. The molecule has 1 fully saturated rings. The molecule has 0 saturated heterocycles. The number of thiophene rings is 1. The summed E-state index contributed by atoms with van der Waals surface area (Å²) in [5.74, 6) is 0.424. The Morgan fingerprint density at radius 1 is 1.09 bits per heavy atom. The molecule has 4 atom stereocenters. The zero-order valence-corrected chi connectivity index (χ0v) is 33.5. The van der Waals surface area contributed by atoms with Gasteiger partial charge in [-0.2, -0.15) is 0 Å².